The van der Waals surface area contributed by atoms with Crippen molar-refractivity contribution in [3.05, 3.63) is 35.9 Å². The lowest BCUT2D eigenvalue weighted by Crippen LogP contribution is -2.48. The van der Waals surface area contributed by atoms with E-state index in [2.05, 4.69) is 23.1 Å². The average molecular weight is 215 g/mol. The van der Waals surface area contributed by atoms with E-state index in [0.717, 1.165) is 19.5 Å². The Morgan fingerprint density at radius 3 is 2.75 bits per heavy atom. The maximum absolute atomic E-state index is 9.08. The monoisotopic (exact) mass is 215 g/mol. The van der Waals surface area contributed by atoms with Crippen molar-refractivity contribution in [1.29, 1.82) is 5.26 Å². The Labute approximate surface area is 96.5 Å². The van der Waals surface area contributed by atoms with Gasteiger partial charge in [0.1, 0.15) is 5.54 Å². The highest BCUT2D eigenvalue weighted by Crippen LogP contribution is 2.27. The summed E-state index contributed by atoms with van der Waals surface area (Å²) in [6, 6.07) is 12.7. The number of nitriles is 1. The quantitative estimate of drug-likeness (QED) is 0.813. The van der Waals surface area contributed by atoms with Gasteiger partial charge in [-0.25, -0.2) is 0 Å². The number of likely N-dealkylation sites (tertiary alicyclic amines) is 1. The molecule has 1 aromatic rings. The summed E-state index contributed by atoms with van der Waals surface area (Å²) in [5.74, 6) is 0. The van der Waals surface area contributed by atoms with Crippen molar-refractivity contribution in [2.75, 3.05) is 6.54 Å². The van der Waals surface area contributed by atoms with Crippen LogP contribution in [0.15, 0.2) is 30.3 Å². The van der Waals surface area contributed by atoms with Gasteiger partial charge < -0.3 is 5.73 Å². The molecular formula is C13H17N3. The van der Waals surface area contributed by atoms with Crippen molar-refractivity contribution >= 4 is 0 Å². The van der Waals surface area contributed by atoms with E-state index in [4.69, 9.17) is 11.0 Å². The van der Waals surface area contributed by atoms with E-state index >= 15 is 0 Å². The number of nitrogens with zero attached hydrogens (tertiary/aromatic N) is 2. The Morgan fingerprint density at radius 1 is 1.50 bits per heavy atom. The summed E-state index contributed by atoms with van der Waals surface area (Å²) in [5, 5.41) is 9.08. The molecule has 84 valence electrons. The molecule has 1 fully saturated rings. The van der Waals surface area contributed by atoms with Gasteiger partial charge in [-0.15, -0.1) is 0 Å². The van der Waals surface area contributed by atoms with Gasteiger partial charge in [0.25, 0.3) is 0 Å². The van der Waals surface area contributed by atoms with Crippen molar-refractivity contribution in [3.8, 4) is 6.07 Å². The zero-order chi connectivity index (χ0) is 11.6. The molecular weight excluding hydrogens is 198 g/mol. The zero-order valence-corrected chi connectivity index (χ0v) is 9.56. The third-order valence-electron chi connectivity index (χ3n) is 3.54. The van der Waals surface area contributed by atoms with Gasteiger partial charge in [-0.05, 0) is 18.9 Å². The predicted octanol–water partition coefficient (Wildman–Crippen LogP) is 1.50. The van der Waals surface area contributed by atoms with Crippen LogP contribution in [0.3, 0.4) is 0 Å². The van der Waals surface area contributed by atoms with Crippen LogP contribution in [-0.2, 0) is 6.54 Å². The second-order valence-electron chi connectivity index (χ2n) is 4.53. The third-order valence-corrected chi connectivity index (χ3v) is 3.54. The number of rotatable bonds is 2. The molecule has 3 nitrogen and oxygen atoms in total. The lowest BCUT2D eigenvalue weighted by Gasteiger charge is -2.26. The SMILES string of the molecule is CC1N(Cc2ccccc2)CCC1(N)C#N. The van der Waals surface area contributed by atoms with Crippen LogP contribution in [0.4, 0.5) is 0 Å². The summed E-state index contributed by atoms with van der Waals surface area (Å²) < 4.78 is 0. The first-order chi connectivity index (χ1) is 7.65. The Bertz CT molecular complexity index is 395. The van der Waals surface area contributed by atoms with Crippen molar-refractivity contribution in [2.24, 2.45) is 5.73 Å². The molecule has 2 N–H and O–H groups in total. The molecule has 3 heteroatoms. The lowest BCUT2D eigenvalue weighted by atomic mass is 9.95. The van der Waals surface area contributed by atoms with Gasteiger partial charge in [-0.3, -0.25) is 4.90 Å². The molecule has 1 aliphatic rings. The van der Waals surface area contributed by atoms with Gasteiger partial charge in [0.15, 0.2) is 0 Å². The van der Waals surface area contributed by atoms with E-state index in [1.165, 1.54) is 5.56 Å². The number of benzene rings is 1. The highest BCUT2D eigenvalue weighted by atomic mass is 15.2. The summed E-state index contributed by atoms with van der Waals surface area (Å²) in [7, 11) is 0. The van der Waals surface area contributed by atoms with Gasteiger partial charge in [0.2, 0.25) is 0 Å². The van der Waals surface area contributed by atoms with E-state index < -0.39 is 5.54 Å². The number of hydrogen-bond acceptors (Lipinski definition) is 3. The fourth-order valence-corrected chi connectivity index (χ4v) is 2.24. The molecule has 0 bridgehead atoms. The Balaban J connectivity index is 2.07. The van der Waals surface area contributed by atoms with E-state index in [-0.39, 0.29) is 6.04 Å². The van der Waals surface area contributed by atoms with Crippen molar-refractivity contribution in [2.45, 2.75) is 31.5 Å². The van der Waals surface area contributed by atoms with Crippen molar-refractivity contribution < 1.29 is 0 Å². The zero-order valence-electron chi connectivity index (χ0n) is 9.56. The highest BCUT2D eigenvalue weighted by molar-refractivity contribution is 5.19. The Morgan fingerprint density at radius 2 is 2.19 bits per heavy atom. The molecule has 2 unspecified atom stereocenters. The van der Waals surface area contributed by atoms with E-state index in [1.807, 2.05) is 25.1 Å². The largest absolute Gasteiger partial charge is 0.312 e. The van der Waals surface area contributed by atoms with E-state index in [1.54, 1.807) is 0 Å². The molecule has 0 aromatic heterocycles. The van der Waals surface area contributed by atoms with Gasteiger partial charge in [0, 0.05) is 19.1 Å². The van der Waals surface area contributed by atoms with Crippen molar-refractivity contribution in [1.82, 2.24) is 4.90 Å². The van der Waals surface area contributed by atoms with Crippen molar-refractivity contribution in [3.63, 3.8) is 0 Å². The first kappa shape index (κ1) is 11.1. The third kappa shape index (κ3) is 1.95. The van der Waals surface area contributed by atoms with Gasteiger partial charge in [0.05, 0.1) is 6.07 Å². The fourth-order valence-electron chi connectivity index (χ4n) is 2.24. The van der Waals surface area contributed by atoms with Crippen LogP contribution in [0.1, 0.15) is 18.9 Å². The van der Waals surface area contributed by atoms with Crippen LogP contribution >= 0.6 is 0 Å². The minimum absolute atomic E-state index is 0.123. The second-order valence-corrected chi connectivity index (χ2v) is 4.53. The smallest absolute Gasteiger partial charge is 0.120 e. The average Bonchev–Trinajstić information content (AvgIpc) is 2.60. The molecule has 0 spiro atoms. The first-order valence-electron chi connectivity index (χ1n) is 5.64. The molecule has 0 saturated carbocycles. The van der Waals surface area contributed by atoms with E-state index in [9.17, 15) is 0 Å². The lowest BCUT2D eigenvalue weighted by molar-refractivity contribution is 0.236. The molecule has 1 aromatic carbocycles. The van der Waals surface area contributed by atoms with E-state index in [0.29, 0.717) is 0 Å². The second kappa shape index (κ2) is 4.25. The van der Waals surface area contributed by atoms with Crippen LogP contribution in [-0.4, -0.2) is 23.0 Å². The van der Waals surface area contributed by atoms with Gasteiger partial charge in [-0.2, -0.15) is 5.26 Å². The summed E-state index contributed by atoms with van der Waals surface area (Å²) in [4.78, 5) is 2.28. The van der Waals surface area contributed by atoms with Gasteiger partial charge in [-0.1, -0.05) is 30.3 Å². The molecule has 1 aliphatic heterocycles. The molecule has 0 radical (unpaired) electrons. The minimum Gasteiger partial charge on any atom is -0.312 e. The molecule has 2 rings (SSSR count). The fraction of sp³-hybridized carbons (Fsp3) is 0.462. The van der Waals surface area contributed by atoms with Crippen LogP contribution in [0, 0.1) is 11.3 Å². The maximum atomic E-state index is 9.08. The topological polar surface area (TPSA) is 53.0 Å². The Kier molecular flexibility index (Phi) is 2.95. The molecule has 1 heterocycles. The minimum atomic E-state index is -0.672. The van der Waals surface area contributed by atoms with Crippen LogP contribution in [0.5, 0.6) is 0 Å². The summed E-state index contributed by atoms with van der Waals surface area (Å²) in [6.45, 7) is 3.82. The van der Waals surface area contributed by atoms with Crippen LogP contribution in [0.2, 0.25) is 0 Å². The normalized spacial score (nSPS) is 30.2. The summed E-state index contributed by atoms with van der Waals surface area (Å²) in [5.41, 5.74) is 6.65. The predicted molar refractivity (Wildman–Crippen MR) is 63.5 cm³/mol. The standard InChI is InChI=1S/C13H17N3/c1-11-13(15,10-14)7-8-16(11)9-12-5-3-2-4-6-12/h2-6,11H,7-9,15H2,1H3. The van der Waals surface area contributed by atoms with Crippen LogP contribution in [0.25, 0.3) is 0 Å². The number of hydrogen-bond donors (Lipinski definition) is 1. The summed E-state index contributed by atoms with van der Waals surface area (Å²) in [6.07, 6.45) is 0.761. The molecule has 2 atom stereocenters. The highest BCUT2D eigenvalue weighted by Gasteiger charge is 2.41. The van der Waals surface area contributed by atoms with Crippen LogP contribution < -0.4 is 5.73 Å². The first-order valence-corrected chi connectivity index (χ1v) is 5.64. The molecule has 16 heavy (non-hydrogen) atoms. The summed E-state index contributed by atoms with van der Waals surface area (Å²) >= 11 is 0. The molecule has 0 aliphatic carbocycles. The molecule has 0 amide bonds. The molecule has 1 saturated heterocycles. The number of nitrogens with two attached hydrogens (primary N) is 1. The van der Waals surface area contributed by atoms with Gasteiger partial charge >= 0.3 is 0 Å². The maximum Gasteiger partial charge on any atom is 0.120 e. The Hall–Kier alpha value is -1.37.